The van der Waals surface area contributed by atoms with Gasteiger partial charge >= 0.3 is 0 Å². The van der Waals surface area contributed by atoms with Crippen molar-refractivity contribution in [2.75, 3.05) is 11.9 Å². The topological polar surface area (TPSA) is 73.7 Å². The third-order valence-corrected chi connectivity index (χ3v) is 4.10. The monoisotopic (exact) mass is 439 g/mol. The Balaban J connectivity index is 1.91. The largest absolute Gasteiger partial charge is 0.506 e. The van der Waals surface area contributed by atoms with Crippen molar-refractivity contribution < 1.29 is 9.90 Å². The summed E-state index contributed by atoms with van der Waals surface area (Å²) in [6.45, 7) is 2.07. The SMILES string of the molecule is Cc1ccccc1NCC(=O)N/N=C/c1cc(Br)cc(Br)c1O. The quantitative estimate of drug-likeness (QED) is 0.489. The third-order valence-electron chi connectivity index (χ3n) is 3.04. The number of aromatic hydroxyl groups is 1. The highest BCUT2D eigenvalue weighted by atomic mass is 79.9. The summed E-state index contributed by atoms with van der Waals surface area (Å²) < 4.78 is 1.33. The van der Waals surface area contributed by atoms with Gasteiger partial charge in [0.25, 0.3) is 5.91 Å². The Bertz CT molecular complexity index is 748. The Hall–Kier alpha value is -1.86. The molecule has 0 aromatic heterocycles. The lowest BCUT2D eigenvalue weighted by atomic mass is 10.2. The van der Waals surface area contributed by atoms with Crippen LogP contribution in [0.1, 0.15) is 11.1 Å². The van der Waals surface area contributed by atoms with E-state index in [2.05, 4.69) is 47.7 Å². The number of phenols is 1. The second-order valence-electron chi connectivity index (χ2n) is 4.79. The van der Waals surface area contributed by atoms with Crippen LogP contribution < -0.4 is 10.7 Å². The zero-order chi connectivity index (χ0) is 16.8. The molecule has 0 aliphatic rings. The summed E-state index contributed by atoms with van der Waals surface area (Å²) in [4.78, 5) is 11.8. The molecule has 0 aliphatic heterocycles. The first-order valence-corrected chi connectivity index (χ1v) is 8.35. The van der Waals surface area contributed by atoms with Crippen molar-refractivity contribution in [1.82, 2.24) is 5.43 Å². The molecule has 120 valence electrons. The number of carbonyl (C=O) groups excluding carboxylic acids is 1. The minimum atomic E-state index is -0.280. The van der Waals surface area contributed by atoms with Crippen LogP contribution in [0.3, 0.4) is 0 Å². The Morgan fingerprint density at radius 2 is 2.04 bits per heavy atom. The average molecular weight is 441 g/mol. The number of benzene rings is 2. The summed E-state index contributed by atoms with van der Waals surface area (Å²) in [5.41, 5.74) is 4.86. The zero-order valence-corrected chi connectivity index (χ0v) is 15.5. The van der Waals surface area contributed by atoms with E-state index in [0.717, 1.165) is 15.7 Å². The van der Waals surface area contributed by atoms with Gasteiger partial charge in [-0.15, -0.1) is 0 Å². The molecule has 3 N–H and O–H groups in total. The molecule has 2 rings (SSSR count). The molecular weight excluding hydrogens is 426 g/mol. The summed E-state index contributed by atoms with van der Waals surface area (Å²) in [5.74, 6) is -0.220. The summed E-state index contributed by atoms with van der Waals surface area (Å²) in [5, 5.41) is 16.8. The number of rotatable bonds is 5. The summed E-state index contributed by atoms with van der Waals surface area (Å²) in [6.07, 6.45) is 1.39. The van der Waals surface area contributed by atoms with E-state index in [1.807, 2.05) is 31.2 Å². The molecule has 0 spiro atoms. The molecule has 7 heteroatoms. The number of para-hydroxylation sites is 1. The van der Waals surface area contributed by atoms with Crippen LogP contribution in [0.2, 0.25) is 0 Å². The van der Waals surface area contributed by atoms with Gasteiger partial charge in [-0.2, -0.15) is 5.10 Å². The third kappa shape index (κ3) is 5.07. The van der Waals surface area contributed by atoms with Gasteiger partial charge in [-0.3, -0.25) is 4.79 Å². The van der Waals surface area contributed by atoms with Gasteiger partial charge in [-0.25, -0.2) is 5.43 Å². The molecule has 1 amide bonds. The van der Waals surface area contributed by atoms with Crippen molar-refractivity contribution in [2.45, 2.75) is 6.92 Å². The van der Waals surface area contributed by atoms with Crippen molar-refractivity contribution in [3.05, 3.63) is 56.5 Å². The van der Waals surface area contributed by atoms with Crippen molar-refractivity contribution in [1.29, 1.82) is 0 Å². The lowest BCUT2D eigenvalue weighted by molar-refractivity contribution is -0.119. The molecule has 0 heterocycles. The van der Waals surface area contributed by atoms with Gasteiger partial charge in [0.1, 0.15) is 5.75 Å². The summed E-state index contributed by atoms with van der Waals surface area (Å²) in [6, 6.07) is 11.1. The number of aryl methyl sites for hydroxylation is 1. The Morgan fingerprint density at radius 3 is 2.78 bits per heavy atom. The van der Waals surface area contributed by atoms with Crippen LogP contribution in [0.15, 0.2) is 50.4 Å². The van der Waals surface area contributed by atoms with Gasteiger partial charge in [0.2, 0.25) is 0 Å². The van der Waals surface area contributed by atoms with E-state index in [0.29, 0.717) is 10.0 Å². The van der Waals surface area contributed by atoms with Crippen LogP contribution in [-0.4, -0.2) is 23.8 Å². The number of phenolic OH excluding ortho intramolecular Hbond substituents is 1. The number of carbonyl (C=O) groups is 1. The van der Waals surface area contributed by atoms with E-state index in [-0.39, 0.29) is 18.2 Å². The Kier molecular flexibility index (Phi) is 6.18. The first kappa shape index (κ1) is 17.5. The number of halogens is 2. The lowest BCUT2D eigenvalue weighted by Crippen LogP contribution is -2.26. The maximum atomic E-state index is 11.8. The van der Waals surface area contributed by atoms with E-state index in [1.54, 1.807) is 12.1 Å². The molecule has 0 radical (unpaired) electrons. The maximum Gasteiger partial charge on any atom is 0.259 e. The van der Waals surface area contributed by atoms with E-state index < -0.39 is 0 Å². The normalized spacial score (nSPS) is 10.7. The first-order valence-electron chi connectivity index (χ1n) is 6.77. The molecule has 0 bridgehead atoms. The molecule has 23 heavy (non-hydrogen) atoms. The van der Waals surface area contributed by atoms with Gasteiger partial charge in [0.15, 0.2) is 0 Å². The number of hydrogen-bond donors (Lipinski definition) is 3. The van der Waals surface area contributed by atoms with E-state index in [1.165, 1.54) is 6.21 Å². The average Bonchev–Trinajstić information content (AvgIpc) is 2.51. The summed E-state index contributed by atoms with van der Waals surface area (Å²) in [7, 11) is 0. The predicted molar refractivity (Wildman–Crippen MR) is 98.9 cm³/mol. The second-order valence-corrected chi connectivity index (χ2v) is 6.56. The molecule has 0 atom stereocenters. The van der Waals surface area contributed by atoms with Crippen LogP contribution >= 0.6 is 31.9 Å². The van der Waals surface area contributed by atoms with Crippen molar-refractivity contribution in [2.24, 2.45) is 5.10 Å². The van der Waals surface area contributed by atoms with E-state index >= 15 is 0 Å². The molecule has 0 saturated carbocycles. The van der Waals surface area contributed by atoms with E-state index in [4.69, 9.17) is 0 Å². The van der Waals surface area contributed by atoms with Crippen LogP contribution in [0.5, 0.6) is 5.75 Å². The number of nitrogens with zero attached hydrogens (tertiary/aromatic N) is 1. The minimum Gasteiger partial charge on any atom is -0.506 e. The van der Waals surface area contributed by atoms with E-state index in [9.17, 15) is 9.90 Å². The van der Waals surface area contributed by atoms with Gasteiger partial charge in [-0.05, 0) is 46.6 Å². The van der Waals surface area contributed by atoms with Crippen molar-refractivity contribution in [3.63, 3.8) is 0 Å². The maximum absolute atomic E-state index is 11.8. The first-order chi connectivity index (χ1) is 11.0. The summed E-state index contributed by atoms with van der Waals surface area (Å²) >= 11 is 6.56. The fourth-order valence-electron chi connectivity index (χ4n) is 1.84. The predicted octanol–water partition coefficient (Wildman–Crippen LogP) is 3.79. The standard InChI is InChI=1S/C16H15Br2N3O2/c1-10-4-2-3-5-14(10)19-9-15(22)21-20-8-11-6-12(17)7-13(18)16(11)23/h2-8,19,23H,9H2,1H3,(H,21,22)/b20-8+. The Labute approximate surface area is 151 Å². The number of hydrogen-bond acceptors (Lipinski definition) is 4. The number of amides is 1. The van der Waals surface area contributed by atoms with Crippen molar-refractivity contribution in [3.8, 4) is 5.75 Å². The van der Waals surface area contributed by atoms with Crippen LogP contribution in [0, 0.1) is 6.92 Å². The van der Waals surface area contributed by atoms with Gasteiger partial charge < -0.3 is 10.4 Å². The highest BCUT2D eigenvalue weighted by molar-refractivity contribution is 9.11. The molecule has 0 saturated heterocycles. The molecule has 0 aliphatic carbocycles. The van der Waals surface area contributed by atoms with Gasteiger partial charge in [0.05, 0.1) is 17.2 Å². The number of hydrazone groups is 1. The van der Waals surface area contributed by atoms with Gasteiger partial charge in [-0.1, -0.05) is 34.1 Å². The highest BCUT2D eigenvalue weighted by Crippen LogP contribution is 2.30. The number of nitrogens with one attached hydrogen (secondary N) is 2. The lowest BCUT2D eigenvalue weighted by Gasteiger charge is -2.08. The van der Waals surface area contributed by atoms with Crippen LogP contribution in [-0.2, 0) is 4.79 Å². The van der Waals surface area contributed by atoms with Crippen LogP contribution in [0.25, 0.3) is 0 Å². The minimum absolute atomic E-state index is 0.0595. The fourth-order valence-corrected chi connectivity index (χ4v) is 3.10. The molecular formula is C16H15Br2N3O2. The molecule has 0 fully saturated rings. The molecule has 5 nitrogen and oxygen atoms in total. The fraction of sp³-hybridized carbons (Fsp3) is 0.125. The van der Waals surface area contributed by atoms with Crippen LogP contribution in [0.4, 0.5) is 5.69 Å². The number of anilines is 1. The molecule has 2 aromatic rings. The zero-order valence-electron chi connectivity index (χ0n) is 12.3. The molecule has 2 aromatic carbocycles. The smallest absolute Gasteiger partial charge is 0.259 e. The second kappa shape index (κ2) is 8.12. The molecule has 0 unspecified atom stereocenters. The highest BCUT2D eigenvalue weighted by Gasteiger charge is 2.06. The Morgan fingerprint density at radius 1 is 1.30 bits per heavy atom. The van der Waals surface area contributed by atoms with Gasteiger partial charge in [0, 0.05) is 15.7 Å². The van der Waals surface area contributed by atoms with Crippen molar-refractivity contribution >= 4 is 49.7 Å².